The second-order valence-corrected chi connectivity index (χ2v) is 4.21. The van der Waals surface area contributed by atoms with Gasteiger partial charge in [-0.25, -0.2) is 4.79 Å². The van der Waals surface area contributed by atoms with Crippen molar-refractivity contribution in [2.75, 3.05) is 6.61 Å². The van der Waals surface area contributed by atoms with Crippen LogP contribution in [0.2, 0.25) is 0 Å². The molecule has 0 bridgehead atoms. The predicted octanol–water partition coefficient (Wildman–Crippen LogP) is -2.54. The molecule has 1 aromatic rings. The van der Waals surface area contributed by atoms with Gasteiger partial charge < -0.3 is 20.1 Å². The van der Waals surface area contributed by atoms with Gasteiger partial charge in [-0.2, -0.15) is 0 Å². The van der Waals surface area contributed by atoms with E-state index in [1.165, 1.54) is 13.1 Å². The van der Waals surface area contributed by atoms with Crippen LogP contribution in [-0.2, 0) is 4.74 Å². The van der Waals surface area contributed by atoms with Crippen molar-refractivity contribution in [2.24, 2.45) is 0 Å². The van der Waals surface area contributed by atoms with Gasteiger partial charge in [0.05, 0.1) is 6.61 Å². The molecule has 0 amide bonds. The summed E-state index contributed by atoms with van der Waals surface area (Å²) in [5.41, 5.74) is -1.00. The summed E-state index contributed by atoms with van der Waals surface area (Å²) in [5, 5.41) is 28.3. The van der Waals surface area contributed by atoms with E-state index in [0.29, 0.717) is 0 Å². The smallest absolute Gasteiger partial charge is 0.330 e. The van der Waals surface area contributed by atoms with E-state index in [-0.39, 0.29) is 5.56 Å². The molecule has 1 aliphatic heterocycles. The monoisotopic (exact) mass is 260 g/mol. The van der Waals surface area contributed by atoms with Gasteiger partial charge in [0.2, 0.25) is 0 Å². The fraction of sp³-hybridized carbons (Fsp3) is 0.600. The van der Waals surface area contributed by atoms with Gasteiger partial charge in [0, 0.05) is 11.8 Å². The molecule has 0 aromatic carbocycles. The summed E-state index contributed by atoms with van der Waals surface area (Å²) in [4.78, 5) is 24.9. The molecule has 0 radical (unpaired) electrons. The van der Waals surface area contributed by atoms with E-state index in [1.54, 1.807) is 0 Å². The van der Waals surface area contributed by atoms with E-state index >= 15 is 0 Å². The first-order valence-electron chi connectivity index (χ1n) is 5.40. The Hall–Kier alpha value is -1.48. The molecule has 0 spiro atoms. The summed E-state index contributed by atoms with van der Waals surface area (Å²) in [6.45, 7) is 1.02. The van der Waals surface area contributed by atoms with E-state index in [2.05, 4.69) is 4.98 Å². The number of ether oxygens (including phenoxy) is 1. The summed E-state index contributed by atoms with van der Waals surface area (Å²) < 4.78 is 6.17. The topological polar surface area (TPSA) is 125 Å². The lowest BCUT2D eigenvalue weighted by molar-refractivity contribution is -0.0551. The van der Waals surface area contributed by atoms with Crippen molar-refractivity contribution in [2.45, 2.75) is 31.5 Å². The minimum Gasteiger partial charge on any atom is -0.394 e. The van der Waals surface area contributed by atoms with E-state index in [1.807, 2.05) is 0 Å². The van der Waals surface area contributed by atoms with Crippen molar-refractivity contribution in [3.63, 3.8) is 0 Å². The molecule has 1 fully saturated rings. The van der Waals surface area contributed by atoms with Crippen LogP contribution in [0, 0.1) is 6.92 Å². The number of aliphatic hydroxyl groups excluding tert-OH is 3. The van der Waals surface area contributed by atoms with Crippen molar-refractivity contribution in [3.8, 4) is 0 Å². The SMILES string of the molecule is Cc1cn([14C@@H]2O[C@H](CO)[C@@H](O)[C@H]2O)c(=O)[nH]c1=O. The molecule has 100 valence electrons. The molecule has 1 aliphatic rings. The van der Waals surface area contributed by atoms with Gasteiger partial charge in [-0.05, 0) is 6.92 Å². The number of rotatable bonds is 2. The summed E-state index contributed by atoms with van der Waals surface area (Å²) in [5.74, 6) is 0. The number of aliphatic hydroxyl groups is 3. The molecule has 4 N–H and O–H groups in total. The molecule has 0 aliphatic carbocycles. The number of H-pyrrole nitrogens is 1. The number of hydrogen-bond acceptors (Lipinski definition) is 6. The van der Waals surface area contributed by atoms with Gasteiger partial charge in [-0.1, -0.05) is 0 Å². The van der Waals surface area contributed by atoms with E-state index in [0.717, 1.165) is 4.57 Å². The van der Waals surface area contributed by atoms with Gasteiger partial charge in [-0.15, -0.1) is 0 Å². The molecule has 8 heteroatoms. The maximum Gasteiger partial charge on any atom is 0.330 e. The van der Waals surface area contributed by atoms with Crippen LogP contribution in [-0.4, -0.2) is 49.8 Å². The van der Waals surface area contributed by atoms with Crippen molar-refractivity contribution < 1.29 is 20.1 Å². The Balaban J connectivity index is 2.42. The van der Waals surface area contributed by atoms with E-state index in [4.69, 9.17) is 9.84 Å². The second-order valence-electron chi connectivity index (χ2n) is 4.21. The lowest BCUT2D eigenvalue weighted by Crippen LogP contribution is -2.38. The average molecular weight is 260 g/mol. The highest BCUT2D eigenvalue weighted by atomic mass is 16.8. The van der Waals surface area contributed by atoms with Gasteiger partial charge in [0.1, 0.15) is 18.3 Å². The zero-order chi connectivity index (χ0) is 13.4. The van der Waals surface area contributed by atoms with Crippen LogP contribution >= 0.6 is 0 Å². The average Bonchev–Trinajstić information content (AvgIpc) is 2.61. The molecule has 0 saturated carbocycles. The Kier molecular flexibility index (Phi) is 3.35. The molecule has 2 rings (SSSR count). The first-order chi connectivity index (χ1) is 8.45. The molecule has 4 atom stereocenters. The molecular formula is C10H14N2O6. The van der Waals surface area contributed by atoms with Crippen LogP contribution in [0.3, 0.4) is 0 Å². The van der Waals surface area contributed by atoms with E-state index in [9.17, 15) is 19.8 Å². The number of aromatic nitrogens is 2. The summed E-state index contributed by atoms with van der Waals surface area (Å²) >= 11 is 0. The third kappa shape index (κ3) is 1.99. The zero-order valence-electron chi connectivity index (χ0n) is 9.61. The van der Waals surface area contributed by atoms with E-state index < -0.39 is 42.4 Å². The summed E-state index contributed by atoms with van der Waals surface area (Å²) in [6.07, 6.45) is -3.52. The molecule has 1 saturated heterocycles. The highest BCUT2D eigenvalue weighted by Gasteiger charge is 2.43. The highest BCUT2D eigenvalue weighted by Crippen LogP contribution is 2.27. The zero-order valence-corrected chi connectivity index (χ0v) is 9.61. The van der Waals surface area contributed by atoms with Crippen LogP contribution in [0.1, 0.15) is 11.8 Å². The molecular weight excluding hydrogens is 246 g/mol. The number of nitrogens with one attached hydrogen (secondary N) is 1. The number of nitrogens with zero attached hydrogens (tertiary/aromatic N) is 1. The minimum absolute atomic E-state index is 0.271. The van der Waals surface area contributed by atoms with Crippen molar-refractivity contribution in [1.29, 1.82) is 0 Å². The molecule has 18 heavy (non-hydrogen) atoms. The third-order valence-electron chi connectivity index (χ3n) is 2.94. The van der Waals surface area contributed by atoms with Crippen LogP contribution in [0.15, 0.2) is 15.8 Å². The van der Waals surface area contributed by atoms with Crippen LogP contribution in [0.5, 0.6) is 0 Å². The highest BCUT2D eigenvalue weighted by molar-refractivity contribution is 5.03. The standard InChI is InChI=1S/C10H14N2O6/c1-4-2-12(10(17)11-8(4)16)9-7(15)6(14)5(3-13)18-9/h2,5-7,9,13-15H,3H2,1H3,(H,11,16,17)/t5-,6-,7-,9-/m1/s1/i9+2. The normalized spacial score (nSPS) is 31.8. The molecule has 8 nitrogen and oxygen atoms in total. The first kappa shape index (κ1) is 13.0. The Morgan fingerprint density at radius 2 is 2.17 bits per heavy atom. The Morgan fingerprint density at radius 1 is 1.50 bits per heavy atom. The fourth-order valence-electron chi connectivity index (χ4n) is 1.88. The van der Waals surface area contributed by atoms with Gasteiger partial charge in [0.15, 0.2) is 6.23 Å². The quantitative estimate of drug-likeness (QED) is 0.464. The van der Waals surface area contributed by atoms with Crippen molar-refractivity contribution in [3.05, 3.63) is 32.6 Å². The molecule has 0 unspecified atom stereocenters. The first-order valence-corrected chi connectivity index (χ1v) is 5.40. The third-order valence-corrected chi connectivity index (χ3v) is 2.94. The van der Waals surface area contributed by atoms with Crippen LogP contribution < -0.4 is 11.2 Å². The Bertz CT molecular complexity index is 550. The lowest BCUT2D eigenvalue weighted by Gasteiger charge is -2.17. The second kappa shape index (κ2) is 4.65. The van der Waals surface area contributed by atoms with Crippen molar-refractivity contribution >= 4 is 0 Å². The predicted molar refractivity (Wildman–Crippen MR) is 59.1 cm³/mol. The fourth-order valence-corrected chi connectivity index (χ4v) is 1.88. The summed E-state index contributed by atoms with van der Waals surface area (Å²) in [6, 6.07) is 0. The number of hydrogen-bond donors (Lipinski definition) is 4. The number of aromatic amines is 1. The minimum atomic E-state index is -1.36. The lowest BCUT2D eigenvalue weighted by atomic mass is 10.2. The van der Waals surface area contributed by atoms with Crippen LogP contribution in [0.25, 0.3) is 0 Å². The summed E-state index contributed by atoms with van der Waals surface area (Å²) in [7, 11) is 0. The van der Waals surface area contributed by atoms with Crippen molar-refractivity contribution in [1.82, 2.24) is 9.55 Å². The maximum atomic E-state index is 11.6. The maximum absolute atomic E-state index is 11.6. The number of aryl methyl sites for hydroxylation is 1. The molecule has 1 aromatic heterocycles. The Morgan fingerprint density at radius 3 is 2.72 bits per heavy atom. The van der Waals surface area contributed by atoms with Gasteiger partial charge >= 0.3 is 5.69 Å². The Labute approximate surface area is 101 Å². The van der Waals surface area contributed by atoms with Gasteiger partial charge in [-0.3, -0.25) is 14.3 Å². The van der Waals surface area contributed by atoms with Gasteiger partial charge in [0.25, 0.3) is 5.56 Å². The molecule has 2 heterocycles. The largest absolute Gasteiger partial charge is 0.394 e. The van der Waals surface area contributed by atoms with Crippen LogP contribution in [0.4, 0.5) is 0 Å².